The summed E-state index contributed by atoms with van der Waals surface area (Å²) in [6.07, 6.45) is 8.54. The maximum atomic E-state index is 13.1. The van der Waals surface area contributed by atoms with Gasteiger partial charge in [-0.25, -0.2) is 0 Å². The smallest absolute Gasteiger partial charge is 0.257 e. The predicted molar refractivity (Wildman–Crippen MR) is 113 cm³/mol. The summed E-state index contributed by atoms with van der Waals surface area (Å²) < 4.78 is 5.24. The van der Waals surface area contributed by atoms with Crippen molar-refractivity contribution in [1.82, 2.24) is 20.0 Å². The van der Waals surface area contributed by atoms with Crippen LogP contribution in [-0.2, 0) is 6.54 Å². The van der Waals surface area contributed by atoms with Gasteiger partial charge in [0.05, 0.1) is 24.6 Å². The van der Waals surface area contributed by atoms with Gasteiger partial charge in [-0.2, -0.15) is 5.10 Å². The monoisotopic (exact) mass is 396 g/mol. The quantitative estimate of drug-likeness (QED) is 0.835. The highest BCUT2D eigenvalue weighted by molar-refractivity contribution is 5.95. The number of ether oxygens (including phenoxy) is 1. The summed E-state index contributed by atoms with van der Waals surface area (Å²) >= 11 is 0. The Morgan fingerprint density at radius 3 is 2.41 bits per heavy atom. The average Bonchev–Trinajstić information content (AvgIpc) is 3.09. The summed E-state index contributed by atoms with van der Waals surface area (Å²) in [5, 5.41) is 7.40. The number of hydrogen-bond acceptors (Lipinski definition) is 4. The molecule has 6 nitrogen and oxygen atoms in total. The molecule has 0 radical (unpaired) electrons. The Morgan fingerprint density at radius 1 is 1.07 bits per heavy atom. The Bertz CT molecular complexity index is 785. The lowest BCUT2D eigenvalue weighted by molar-refractivity contribution is 0.0759. The van der Waals surface area contributed by atoms with Crippen LogP contribution in [0.2, 0.25) is 0 Å². The number of H-pyrrole nitrogens is 1. The molecule has 2 saturated heterocycles. The van der Waals surface area contributed by atoms with Gasteiger partial charge in [0.25, 0.3) is 5.91 Å². The molecule has 156 valence electrons. The van der Waals surface area contributed by atoms with Gasteiger partial charge >= 0.3 is 0 Å². The number of amides is 1. The third kappa shape index (κ3) is 4.81. The number of carbonyl (C=O) groups excluding carboxylic acids is 1. The summed E-state index contributed by atoms with van der Waals surface area (Å²) in [5.41, 5.74) is 3.15. The number of aromatic nitrogens is 2. The van der Waals surface area contributed by atoms with Crippen LogP contribution in [-0.4, -0.2) is 59.2 Å². The van der Waals surface area contributed by atoms with E-state index >= 15 is 0 Å². The van der Waals surface area contributed by atoms with Crippen LogP contribution in [0.15, 0.2) is 30.5 Å². The Labute approximate surface area is 173 Å². The Morgan fingerprint density at radius 2 is 1.76 bits per heavy atom. The van der Waals surface area contributed by atoms with Gasteiger partial charge < -0.3 is 9.64 Å². The van der Waals surface area contributed by atoms with Crippen molar-refractivity contribution in [2.24, 2.45) is 0 Å². The molecule has 1 amide bonds. The minimum Gasteiger partial charge on any atom is -0.497 e. The van der Waals surface area contributed by atoms with E-state index in [9.17, 15) is 4.79 Å². The topological polar surface area (TPSA) is 61.5 Å². The largest absolute Gasteiger partial charge is 0.497 e. The predicted octanol–water partition coefficient (Wildman–Crippen LogP) is 3.81. The third-order valence-corrected chi connectivity index (χ3v) is 6.35. The van der Waals surface area contributed by atoms with Gasteiger partial charge in [0.2, 0.25) is 0 Å². The fraction of sp³-hybridized carbons (Fsp3) is 0.565. The van der Waals surface area contributed by atoms with Gasteiger partial charge in [0, 0.05) is 25.6 Å². The number of nitrogens with zero attached hydrogens (tertiary/aromatic N) is 3. The van der Waals surface area contributed by atoms with Crippen molar-refractivity contribution in [3.8, 4) is 5.75 Å². The van der Waals surface area contributed by atoms with Crippen molar-refractivity contribution in [1.29, 1.82) is 0 Å². The van der Waals surface area contributed by atoms with E-state index in [0.29, 0.717) is 5.92 Å². The number of likely N-dealkylation sites (tertiary alicyclic amines) is 2. The Hall–Kier alpha value is -2.34. The van der Waals surface area contributed by atoms with Crippen LogP contribution in [0, 0.1) is 0 Å². The van der Waals surface area contributed by atoms with E-state index in [1.165, 1.54) is 18.4 Å². The molecular formula is C23H32N4O2. The molecule has 2 aliphatic heterocycles. The number of rotatable bonds is 5. The molecule has 2 aliphatic rings. The van der Waals surface area contributed by atoms with Crippen LogP contribution in [0.1, 0.15) is 66.1 Å². The first-order valence-corrected chi connectivity index (χ1v) is 10.9. The highest BCUT2D eigenvalue weighted by Crippen LogP contribution is 2.30. The van der Waals surface area contributed by atoms with Crippen molar-refractivity contribution >= 4 is 5.91 Å². The summed E-state index contributed by atoms with van der Waals surface area (Å²) in [7, 11) is 1.70. The molecule has 0 unspecified atom stereocenters. The van der Waals surface area contributed by atoms with Crippen LogP contribution >= 0.6 is 0 Å². The lowest BCUT2D eigenvalue weighted by Gasteiger charge is -2.32. The highest BCUT2D eigenvalue weighted by Gasteiger charge is 2.28. The number of aromatic amines is 1. The molecule has 6 heteroatoms. The molecule has 4 rings (SSSR count). The van der Waals surface area contributed by atoms with Crippen molar-refractivity contribution in [2.45, 2.75) is 51.0 Å². The number of hydrogen-bond donors (Lipinski definition) is 1. The van der Waals surface area contributed by atoms with Crippen LogP contribution in [0.5, 0.6) is 5.75 Å². The number of methoxy groups -OCH3 is 1. The standard InChI is InChI=1S/C23H32N4O2/c1-29-20-8-6-18(7-9-20)17-26-14-10-19(11-15-26)22-21(16-24-25-22)23(28)27-12-4-2-3-5-13-27/h6-9,16,19H,2-5,10-15,17H2,1H3,(H,24,25). The molecule has 0 aliphatic carbocycles. The normalized spacial score (nSPS) is 19.1. The Balaban J connectivity index is 1.35. The lowest BCUT2D eigenvalue weighted by atomic mass is 9.91. The first-order chi connectivity index (χ1) is 14.2. The second-order valence-electron chi connectivity index (χ2n) is 8.30. The molecule has 1 N–H and O–H groups in total. The van der Waals surface area contributed by atoms with Gasteiger partial charge in [-0.15, -0.1) is 0 Å². The second-order valence-corrected chi connectivity index (χ2v) is 8.30. The van der Waals surface area contributed by atoms with Crippen LogP contribution in [0.4, 0.5) is 0 Å². The fourth-order valence-electron chi connectivity index (χ4n) is 4.59. The van der Waals surface area contributed by atoms with Crippen LogP contribution < -0.4 is 4.74 Å². The first kappa shape index (κ1) is 20.0. The lowest BCUT2D eigenvalue weighted by Crippen LogP contribution is -2.35. The minimum atomic E-state index is 0.163. The van der Waals surface area contributed by atoms with Gasteiger partial charge in [-0.05, 0) is 56.5 Å². The maximum Gasteiger partial charge on any atom is 0.257 e. The zero-order valence-electron chi connectivity index (χ0n) is 17.4. The first-order valence-electron chi connectivity index (χ1n) is 10.9. The number of benzene rings is 1. The van der Waals surface area contributed by atoms with E-state index in [2.05, 4.69) is 27.2 Å². The van der Waals surface area contributed by atoms with E-state index in [4.69, 9.17) is 4.74 Å². The zero-order valence-corrected chi connectivity index (χ0v) is 17.4. The van der Waals surface area contributed by atoms with E-state index in [0.717, 1.165) is 75.4 Å². The number of carbonyl (C=O) groups is 1. The molecule has 0 atom stereocenters. The molecule has 0 spiro atoms. The van der Waals surface area contributed by atoms with Crippen molar-refractivity contribution < 1.29 is 9.53 Å². The van der Waals surface area contributed by atoms with E-state index in [1.54, 1.807) is 13.3 Å². The van der Waals surface area contributed by atoms with Crippen molar-refractivity contribution in [2.75, 3.05) is 33.3 Å². The molecule has 1 aromatic carbocycles. The molecule has 2 fully saturated rings. The number of piperidine rings is 1. The van der Waals surface area contributed by atoms with Crippen molar-refractivity contribution in [3.05, 3.63) is 47.3 Å². The Kier molecular flexibility index (Phi) is 6.49. The average molecular weight is 397 g/mol. The maximum absolute atomic E-state index is 13.1. The van der Waals surface area contributed by atoms with E-state index < -0.39 is 0 Å². The zero-order chi connectivity index (χ0) is 20.1. The fourth-order valence-corrected chi connectivity index (χ4v) is 4.59. The summed E-state index contributed by atoms with van der Waals surface area (Å²) in [5.74, 6) is 1.44. The third-order valence-electron chi connectivity index (χ3n) is 6.35. The summed E-state index contributed by atoms with van der Waals surface area (Å²) in [4.78, 5) is 17.6. The number of nitrogens with one attached hydrogen (secondary N) is 1. The van der Waals surface area contributed by atoms with E-state index in [-0.39, 0.29) is 5.91 Å². The molecule has 2 aromatic rings. The molecule has 1 aromatic heterocycles. The van der Waals surface area contributed by atoms with Gasteiger partial charge in [0.1, 0.15) is 5.75 Å². The summed E-state index contributed by atoms with van der Waals surface area (Å²) in [6.45, 7) is 4.78. The molecule has 0 bridgehead atoms. The van der Waals surface area contributed by atoms with Gasteiger partial charge in [-0.3, -0.25) is 14.8 Å². The van der Waals surface area contributed by atoms with Crippen molar-refractivity contribution in [3.63, 3.8) is 0 Å². The van der Waals surface area contributed by atoms with Crippen LogP contribution in [0.3, 0.4) is 0 Å². The van der Waals surface area contributed by atoms with Gasteiger partial charge in [0.15, 0.2) is 0 Å². The molecule has 3 heterocycles. The minimum absolute atomic E-state index is 0.163. The van der Waals surface area contributed by atoms with Gasteiger partial charge in [-0.1, -0.05) is 25.0 Å². The second kappa shape index (κ2) is 9.44. The summed E-state index contributed by atoms with van der Waals surface area (Å²) in [6, 6.07) is 8.32. The highest BCUT2D eigenvalue weighted by atomic mass is 16.5. The molecule has 0 saturated carbocycles. The molecular weight excluding hydrogens is 364 g/mol. The van der Waals surface area contributed by atoms with Crippen LogP contribution in [0.25, 0.3) is 0 Å². The SMILES string of the molecule is COc1ccc(CN2CCC(c3[nH]ncc3C(=O)N3CCCCCC3)CC2)cc1. The van der Waals surface area contributed by atoms with E-state index in [1.807, 2.05) is 17.0 Å². The molecule has 29 heavy (non-hydrogen) atoms.